The van der Waals surface area contributed by atoms with E-state index in [9.17, 15) is 4.79 Å². The van der Waals surface area contributed by atoms with E-state index in [1.54, 1.807) is 0 Å². The fourth-order valence-corrected chi connectivity index (χ4v) is 3.86. The molecule has 2 aliphatic rings. The number of hydrogen-bond acceptors (Lipinski definition) is 1. The molecule has 0 saturated heterocycles. The van der Waals surface area contributed by atoms with Gasteiger partial charge in [0.15, 0.2) is 0 Å². The third kappa shape index (κ3) is 2.72. The molecule has 3 heteroatoms. The van der Waals surface area contributed by atoms with E-state index in [4.69, 9.17) is 0 Å². The van der Waals surface area contributed by atoms with Crippen molar-refractivity contribution in [2.45, 2.75) is 38.1 Å². The zero-order valence-corrected chi connectivity index (χ0v) is 13.2. The number of amides is 1. The van der Waals surface area contributed by atoms with Crippen LogP contribution >= 0.6 is 0 Å². The number of aromatic nitrogens is 1. The van der Waals surface area contributed by atoms with Crippen LogP contribution < -0.4 is 5.32 Å². The molecule has 0 aliphatic heterocycles. The lowest BCUT2D eigenvalue weighted by Crippen LogP contribution is -2.34. The molecule has 1 saturated carbocycles. The monoisotopic (exact) mass is 306 g/mol. The Morgan fingerprint density at radius 3 is 2.70 bits per heavy atom. The maximum absolute atomic E-state index is 12.7. The third-order valence-electron chi connectivity index (χ3n) is 5.12. The molecule has 0 radical (unpaired) electrons. The highest BCUT2D eigenvalue weighted by atomic mass is 16.1. The molecule has 2 aromatic rings. The molecule has 1 heterocycles. The third-order valence-corrected chi connectivity index (χ3v) is 5.12. The van der Waals surface area contributed by atoms with Crippen molar-refractivity contribution in [3.05, 3.63) is 59.4 Å². The standard InChI is InChI=1S/C20H22N2O/c23-20(14-6-2-1-3-7-14)22-19-17-9-5-4-8-15(17)12-18(19)16-10-11-21-13-16/h4-5,8-14,19,21H,1-3,6-7H2,(H,22,23). The van der Waals surface area contributed by atoms with Gasteiger partial charge in [0, 0.05) is 18.3 Å². The highest BCUT2D eigenvalue weighted by Gasteiger charge is 2.30. The van der Waals surface area contributed by atoms with Gasteiger partial charge in [0.2, 0.25) is 5.91 Å². The van der Waals surface area contributed by atoms with Crippen LogP contribution in [0.1, 0.15) is 54.8 Å². The first-order chi connectivity index (χ1) is 11.3. The fraction of sp³-hybridized carbons (Fsp3) is 0.350. The van der Waals surface area contributed by atoms with Gasteiger partial charge in [0.1, 0.15) is 0 Å². The van der Waals surface area contributed by atoms with E-state index in [-0.39, 0.29) is 17.9 Å². The van der Waals surface area contributed by atoms with Crippen molar-refractivity contribution in [2.24, 2.45) is 5.92 Å². The van der Waals surface area contributed by atoms with Gasteiger partial charge >= 0.3 is 0 Å². The topological polar surface area (TPSA) is 44.9 Å². The molecule has 1 atom stereocenters. The van der Waals surface area contributed by atoms with E-state index in [1.165, 1.54) is 36.0 Å². The lowest BCUT2D eigenvalue weighted by molar-refractivity contribution is -0.126. The maximum atomic E-state index is 12.7. The van der Waals surface area contributed by atoms with Gasteiger partial charge in [0.25, 0.3) is 0 Å². The molecule has 23 heavy (non-hydrogen) atoms. The van der Waals surface area contributed by atoms with Crippen LogP contribution in [0, 0.1) is 5.92 Å². The predicted molar refractivity (Wildman–Crippen MR) is 92.6 cm³/mol. The lowest BCUT2D eigenvalue weighted by atomic mass is 9.88. The second-order valence-electron chi connectivity index (χ2n) is 6.60. The number of fused-ring (bicyclic) bond motifs is 1. The van der Waals surface area contributed by atoms with Crippen molar-refractivity contribution >= 4 is 17.6 Å². The summed E-state index contributed by atoms with van der Waals surface area (Å²) < 4.78 is 0. The Hall–Kier alpha value is -2.29. The molecular formula is C20H22N2O. The minimum atomic E-state index is -0.0311. The Kier molecular flexibility index (Phi) is 3.78. The van der Waals surface area contributed by atoms with Crippen LogP contribution in [0.15, 0.2) is 42.7 Å². The molecule has 4 rings (SSSR count). The molecule has 1 unspecified atom stereocenters. The first kappa shape index (κ1) is 14.3. The first-order valence-corrected chi connectivity index (χ1v) is 8.57. The smallest absolute Gasteiger partial charge is 0.223 e. The maximum Gasteiger partial charge on any atom is 0.223 e. The van der Waals surface area contributed by atoms with Gasteiger partial charge < -0.3 is 10.3 Å². The summed E-state index contributed by atoms with van der Waals surface area (Å²) in [7, 11) is 0. The number of nitrogens with one attached hydrogen (secondary N) is 2. The summed E-state index contributed by atoms with van der Waals surface area (Å²) in [6.45, 7) is 0. The van der Waals surface area contributed by atoms with Crippen molar-refractivity contribution < 1.29 is 4.79 Å². The van der Waals surface area contributed by atoms with Crippen LogP contribution in [-0.2, 0) is 4.79 Å². The number of carbonyl (C=O) groups is 1. The molecule has 1 amide bonds. The first-order valence-electron chi connectivity index (χ1n) is 8.57. The van der Waals surface area contributed by atoms with Gasteiger partial charge in [-0.05, 0) is 47.2 Å². The fourth-order valence-electron chi connectivity index (χ4n) is 3.86. The highest BCUT2D eigenvalue weighted by Crippen LogP contribution is 2.40. The van der Waals surface area contributed by atoms with Crippen LogP contribution in [0.3, 0.4) is 0 Å². The molecule has 118 valence electrons. The van der Waals surface area contributed by atoms with Gasteiger partial charge in [-0.1, -0.05) is 43.5 Å². The Balaban J connectivity index is 1.61. The molecule has 1 aromatic heterocycles. The second kappa shape index (κ2) is 6.07. The molecule has 2 N–H and O–H groups in total. The second-order valence-corrected chi connectivity index (χ2v) is 6.60. The molecule has 1 aromatic carbocycles. The molecule has 0 bridgehead atoms. The number of carbonyl (C=O) groups excluding carboxylic acids is 1. The number of benzene rings is 1. The Labute approximate surface area is 136 Å². The highest BCUT2D eigenvalue weighted by molar-refractivity contribution is 5.94. The quantitative estimate of drug-likeness (QED) is 0.872. The van der Waals surface area contributed by atoms with Crippen molar-refractivity contribution in [3.63, 3.8) is 0 Å². The van der Waals surface area contributed by atoms with E-state index in [0.29, 0.717) is 0 Å². The van der Waals surface area contributed by atoms with Gasteiger partial charge in [-0.15, -0.1) is 0 Å². The van der Waals surface area contributed by atoms with Crippen molar-refractivity contribution in [3.8, 4) is 0 Å². The Bertz CT molecular complexity index is 724. The van der Waals surface area contributed by atoms with Crippen molar-refractivity contribution in [1.82, 2.24) is 10.3 Å². The van der Waals surface area contributed by atoms with E-state index >= 15 is 0 Å². The molecule has 1 fully saturated rings. The van der Waals surface area contributed by atoms with Gasteiger partial charge in [-0.3, -0.25) is 4.79 Å². The summed E-state index contributed by atoms with van der Waals surface area (Å²) in [5.41, 5.74) is 4.73. The van der Waals surface area contributed by atoms with E-state index in [0.717, 1.165) is 18.4 Å². The van der Waals surface area contributed by atoms with Crippen LogP contribution in [0.25, 0.3) is 11.6 Å². The summed E-state index contributed by atoms with van der Waals surface area (Å²) in [4.78, 5) is 15.8. The molecule has 3 nitrogen and oxygen atoms in total. The van der Waals surface area contributed by atoms with Crippen molar-refractivity contribution in [2.75, 3.05) is 0 Å². The average Bonchev–Trinajstić information content (AvgIpc) is 3.24. The van der Waals surface area contributed by atoms with E-state index < -0.39 is 0 Å². The van der Waals surface area contributed by atoms with Crippen LogP contribution in [0.5, 0.6) is 0 Å². The molecular weight excluding hydrogens is 284 g/mol. The zero-order valence-electron chi connectivity index (χ0n) is 13.2. The van der Waals surface area contributed by atoms with Crippen LogP contribution in [0.2, 0.25) is 0 Å². The Morgan fingerprint density at radius 1 is 1.09 bits per heavy atom. The SMILES string of the molecule is O=C(NC1C(c2cc[nH]c2)=Cc2ccccc21)C1CCCCC1. The summed E-state index contributed by atoms with van der Waals surface area (Å²) in [5.74, 6) is 0.400. The van der Waals surface area contributed by atoms with Gasteiger partial charge in [-0.2, -0.15) is 0 Å². The summed E-state index contributed by atoms with van der Waals surface area (Å²) in [6, 6.07) is 10.4. The predicted octanol–water partition coefficient (Wildman–Crippen LogP) is 4.31. The molecule has 0 spiro atoms. The van der Waals surface area contributed by atoms with Crippen LogP contribution in [0.4, 0.5) is 0 Å². The summed E-state index contributed by atoms with van der Waals surface area (Å²) >= 11 is 0. The van der Waals surface area contributed by atoms with Crippen LogP contribution in [-0.4, -0.2) is 10.9 Å². The zero-order chi connectivity index (χ0) is 15.6. The summed E-state index contributed by atoms with van der Waals surface area (Å²) in [5, 5.41) is 3.32. The Morgan fingerprint density at radius 2 is 1.91 bits per heavy atom. The summed E-state index contributed by atoms with van der Waals surface area (Å²) in [6.07, 6.45) is 11.8. The lowest BCUT2D eigenvalue weighted by Gasteiger charge is -2.25. The number of H-pyrrole nitrogens is 1. The van der Waals surface area contributed by atoms with E-state index in [2.05, 4.69) is 40.6 Å². The van der Waals surface area contributed by atoms with E-state index in [1.807, 2.05) is 18.5 Å². The van der Waals surface area contributed by atoms with Gasteiger partial charge in [0.05, 0.1) is 6.04 Å². The van der Waals surface area contributed by atoms with Gasteiger partial charge in [-0.25, -0.2) is 0 Å². The normalized spacial score (nSPS) is 20.9. The number of aromatic amines is 1. The van der Waals surface area contributed by atoms with Crippen molar-refractivity contribution in [1.29, 1.82) is 0 Å². The number of hydrogen-bond donors (Lipinski definition) is 2. The minimum absolute atomic E-state index is 0.0311. The average molecular weight is 306 g/mol. The minimum Gasteiger partial charge on any atom is -0.367 e. The molecule has 2 aliphatic carbocycles. The number of rotatable bonds is 3. The largest absolute Gasteiger partial charge is 0.367 e.